The van der Waals surface area contributed by atoms with Crippen LogP contribution >= 0.6 is 22.9 Å². The van der Waals surface area contributed by atoms with E-state index in [9.17, 15) is 0 Å². The van der Waals surface area contributed by atoms with E-state index in [2.05, 4.69) is 32.0 Å². The predicted octanol–water partition coefficient (Wildman–Crippen LogP) is 4.43. The molecule has 68 valence electrons. The molecule has 0 amide bonds. The quantitative estimate of drug-likeness (QED) is 0.654. The fraction of sp³-hybridized carbons (Fsp3) is 0.273. The molecule has 0 bridgehead atoms. The van der Waals surface area contributed by atoms with E-state index in [1.807, 2.05) is 0 Å². The monoisotopic (exact) mass is 210 g/mol. The van der Waals surface area contributed by atoms with Crippen molar-refractivity contribution in [2.45, 2.75) is 20.3 Å². The van der Waals surface area contributed by atoms with Gasteiger partial charge in [0.15, 0.2) is 0 Å². The van der Waals surface area contributed by atoms with E-state index in [1.54, 1.807) is 11.3 Å². The second-order valence-corrected chi connectivity index (χ2v) is 4.75. The lowest BCUT2D eigenvalue weighted by Gasteiger charge is -1.98. The number of hydrogen-bond acceptors (Lipinski definition) is 1. The molecule has 0 saturated carbocycles. The molecule has 0 unspecified atom stereocenters. The highest BCUT2D eigenvalue weighted by Crippen LogP contribution is 2.36. The summed E-state index contributed by atoms with van der Waals surface area (Å²) in [4.78, 5) is 1.22. The van der Waals surface area contributed by atoms with Crippen LogP contribution < -0.4 is 0 Å². The van der Waals surface area contributed by atoms with Crippen LogP contribution in [0.4, 0.5) is 0 Å². The van der Waals surface area contributed by atoms with Crippen molar-refractivity contribution >= 4 is 33.0 Å². The first-order valence-corrected chi connectivity index (χ1v) is 5.60. The zero-order chi connectivity index (χ0) is 9.42. The predicted molar refractivity (Wildman–Crippen MR) is 61.0 cm³/mol. The van der Waals surface area contributed by atoms with Gasteiger partial charge in [-0.2, -0.15) is 0 Å². The molecule has 0 aliphatic heterocycles. The summed E-state index contributed by atoms with van der Waals surface area (Å²) >= 11 is 8.01. The molecule has 0 aliphatic rings. The summed E-state index contributed by atoms with van der Waals surface area (Å²) < 4.78 is 1.31. The minimum absolute atomic E-state index is 0.942. The molecule has 0 aliphatic carbocycles. The first kappa shape index (κ1) is 9.04. The van der Waals surface area contributed by atoms with Gasteiger partial charge in [0.1, 0.15) is 0 Å². The highest BCUT2D eigenvalue weighted by Gasteiger charge is 2.08. The largest absolute Gasteiger partial charge is 0.139 e. The van der Waals surface area contributed by atoms with E-state index in [0.29, 0.717) is 0 Å². The number of benzene rings is 1. The van der Waals surface area contributed by atoms with Gasteiger partial charge in [0.2, 0.25) is 0 Å². The maximum atomic E-state index is 6.24. The van der Waals surface area contributed by atoms with Crippen molar-refractivity contribution in [3.8, 4) is 0 Å². The van der Waals surface area contributed by atoms with Crippen LogP contribution in [0.15, 0.2) is 18.2 Å². The van der Waals surface area contributed by atoms with Crippen molar-refractivity contribution in [2.24, 2.45) is 0 Å². The average molecular weight is 211 g/mol. The van der Waals surface area contributed by atoms with Crippen molar-refractivity contribution in [2.75, 3.05) is 0 Å². The molecule has 0 saturated heterocycles. The number of hydrogen-bond donors (Lipinski definition) is 0. The first-order chi connectivity index (χ1) is 6.24. The van der Waals surface area contributed by atoms with Crippen LogP contribution in [0.25, 0.3) is 10.1 Å². The Hall–Kier alpha value is -0.530. The zero-order valence-corrected chi connectivity index (χ0v) is 9.30. The molecule has 1 aromatic heterocycles. The summed E-state index contributed by atoms with van der Waals surface area (Å²) in [5, 5.41) is 2.20. The minimum atomic E-state index is 0.942. The summed E-state index contributed by atoms with van der Waals surface area (Å²) in [6.07, 6.45) is 1.05. The van der Waals surface area contributed by atoms with Gasteiger partial charge in [-0.3, -0.25) is 0 Å². The van der Waals surface area contributed by atoms with Crippen LogP contribution in [0.2, 0.25) is 5.02 Å². The number of halogens is 1. The van der Waals surface area contributed by atoms with Crippen LogP contribution in [0, 0.1) is 6.92 Å². The highest BCUT2D eigenvalue weighted by molar-refractivity contribution is 7.19. The van der Waals surface area contributed by atoms with Crippen molar-refractivity contribution in [1.29, 1.82) is 0 Å². The Kier molecular flexibility index (Phi) is 2.31. The van der Waals surface area contributed by atoms with Gasteiger partial charge >= 0.3 is 0 Å². The summed E-state index contributed by atoms with van der Waals surface area (Å²) in [5.74, 6) is 0. The number of rotatable bonds is 1. The van der Waals surface area contributed by atoms with Crippen LogP contribution in [-0.2, 0) is 6.42 Å². The summed E-state index contributed by atoms with van der Waals surface area (Å²) in [7, 11) is 0. The Balaban J connectivity index is 2.87. The van der Waals surface area contributed by atoms with Gasteiger partial charge < -0.3 is 0 Å². The Morgan fingerprint density at radius 3 is 2.85 bits per heavy atom. The van der Waals surface area contributed by atoms with Gasteiger partial charge in [-0.1, -0.05) is 30.7 Å². The number of fused-ring (bicyclic) bond motifs is 1. The number of aryl methyl sites for hydroxylation is 2. The van der Waals surface area contributed by atoms with Crippen LogP contribution in [-0.4, -0.2) is 0 Å². The van der Waals surface area contributed by atoms with Gasteiger partial charge in [-0.15, -0.1) is 11.3 Å². The molecule has 0 nitrogen and oxygen atoms in total. The standard InChI is InChI=1S/C11H11ClS/c1-3-8-5-4-6-9-10(8)11(12)7(2)13-9/h4-6H,3H2,1-2H3. The molecule has 13 heavy (non-hydrogen) atoms. The highest BCUT2D eigenvalue weighted by atomic mass is 35.5. The SMILES string of the molecule is CCc1cccc2sc(C)c(Cl)c12. The normalized spacial score (nSPS) is 11.0. The molecule has 0 N–H and O–H groups in total. The first-order valence-electron chi connectivity index (χ1n) is 4.40. The summed E-state index contributed by atoms with van der Waals surface area (Å²) in [6.45, 7) is 4.24. The van der Waals surface area contributed by atoms with Gasteiger partial charge in [0.05, 0.1) is 5.02 Å². The third-order valence-electron chi connectivity index (χ3n) is 2.29. The van der Waals surface area contributed by atoms with Gasteiger partial charge in [-0.05, 0) is 25.0 Å². The summed E-state index contributed by atoms with van der Waals surface area (Å²) in [6, 6.07) is 6.39. The van der Waals surface area contributed by atoms with E-state index < -0.39 is 0 Å². The van der Waals surface area contributed by atoms with Crippen molar-refractivity contribution in [1.82, 2.24) is 0 Å². The van der Waals surface area contributed by atoms with Crippen LogP contribution in [0.3, 0.4) is 0 Å². The average Bonchev–Trinajstić information content (AvgIpc) is 2.43. The fourth-order valence-corrected chi connectivity index (χ4v) is 2.99. The molecule has 0 atom stereocenters. The van der Waals surface area contributed by atoms with E-state index >= 15 is 0 Å². The Labute approximate surface area is 87.2 Å². The molecule has 1 heterocycles. The van der Waals surface area contributed by atoms with Crippen LogP contribution in [0.1, 0.15) is 17.4 Å². The lowest BCUT2D eigenvalue weighted by Crippen LogP contribution is -1.79. The second-order valence-electron chi connectivity index (χ2n) is 3.12. The van der Waals surface area contributed by atoms with Crippen molar-refractivity contribution in [3.05, 3.63) is 33.7 Å². The Morgan fingerprint density at radius 2 is 2.15 bits per heavy atom. The topological polar surface area (TPSA) is 0 Å². The second kappa shape index (κ2) is 3.32. The maximum Gasteiger partial charge on any atom is 0.0623 e. The zero-order valence-electron chi connectivity index (χ0n) is 7.73. The summed E-state index contributed by atoms with van der Waals surface area (Å²) in [5.41, 5.74) is 1.35. The molecular formula is C11H11ClS. The van der Waals surface area contributed by atoms with E-state index in [4.69, 9.17) is 11.6 Å². The van der Waals surface area contributed by atoms with Crippen molar-refractivity contribution in [3.63, 3.8) is 0 Å². The fourth-order valence-electron chi connectivity index (χ4n) is 1.59. The van der Waals surface area contributed by atoms with Crippen molar-refractivity contribution < 1.29 is 0 Å². The molecule has 1 aromatic carbocycles. The van der Waals surface area contributed by atoms with E-state index in [1.165, 1.54) is 20.5 Å². The van der Waals surface area contributed by atoms with E-state index in [-0.39, 0.29) is 0 Å². The van der Waals surface area contributed by atoms with Gasteiger partial charge in [-0.25, -0.2) is 0 Å². The van der Waals surface area contributed by atoms with Gasteiger partial charge in [0, 0.05) is 15.0 Å². The Bertz CT molecular complexity index is 443. The van der Waals surface area contributed by atoms with Crippen LogP contribution in [0.5, 0.6) is 0 Å². The van der Waals surface area contributed by atoms with E-state index in [0.717, 1.165) is 11.4 Å². The molecule has 2 aromatic rings. The van der Waals surface area contributed by atoms with Gasteiger partial charge in [0.25, 0.3) is 0 Å². The molecule has 0 spiro atoms. The molecule has 2 heteroatoms. The molecular weight excluding hydrogens is 200 g/mol. The molecule has 0 fully saturated rings. The number of thiophene rings is 1. The molecule has 2 rings (SSSR count). The minimum Gasteiger partial charge on any atom is -0.139 e. The molecule has 0 radical (unpaired) electrons. The lowest BCUT2D eigenvalue weighted by atomic mass is 10.1. The maximum absolute atomic E-state index is 6.24. The third-order valence-corrected chi connectivity index (χ3v) is 3.94. The smallest absolute Gasteiger partial charge is 0.0623 e. The Morgan fingerprint density at radius 1 is 1.38 bits per heavy atom. The third kappa shape index (κ3) is 1.36. The lowest BCUT2D eigenvalue weighted by molar-refractivity contribution is 1.16.